The van der Waals surface area contributed by atoms with E-state index in [1.165, 1.54) is 6.07 Å². The largest absolute Gasteiger partial charge is 0.356 e. The van der Waals surface area contributed by atoms with Gasteiger partial charge in [0.1, 0.15) is 5.82 Å². The van der Waals surface area contributed by atoms with Crippen molar-refractivity contribution in [1.82, 2.24) is 5.32 Å². The molecule has 0 bridgehead atoms. The summed E-state index contributed by atoms with van der Waals surface area (Å²) in [6.07, 6.45) is 1.07. The van der Waals surface area contributed by atoms with Gasteiger partial charge in [0.15, 0.2) is 0 Å². The molecule has 0 saturated heterocycles. The smallest absolute Gasteiger partial charge is 0.224 e. The Balaban J connectivity index is 2.41. The van der Waals surface area contributed by atoms with E-state index in [-0.39, 0.29) is 18.1 Å². The van der Waals surface area contributed by atoms with E-state index in [2.05, 4.69) is 27.9 Å². The monoisotopic (exact) mass is 321 g/mol. The zero-order chi connectivity index (χ0) is 11.1. The van der Waals surface area contributed by atoms with Crippen LogP contribution in [0.25, 0.3) is 0 Å². The molecule has 0 unspecified atom stereocenters. The Kier molecular flexibility index (Phi) is 5.60. The number of halogens is 2. The molecule has 0 aliphatic heterocycles. The highest BCUT2D eigenvalue weighted by molar-refractivity contribution is 14.1. The minimum atomic E-state index is -0.318. The Morgan fingerprint density at radius 3 is 2.80 bits per heavy atom. The highest BCUT2D eigenvalue weighted by Gasteiger charge is 2.06. The SMILES string of the molecule is O=C(Cc1ccccc1F)NCCCI. The van der Waals surface area contributed by atoms with Crippen LogP contribution in [0.4, 0.5) is 4.39 Å². The van der Waals surface area contributed by atoms with Gasteiger partial charge in [0.2, 0.25) is 5.91 Å². The fraction of sp³-hybridized carbons (Fsp3) is 0.364. The molecule has 82 valence electrons. The number of nitrogens with one attached hydrogen (secondary N) is 1. The maximum atomic E-state index is 13.2. The molecule has 0 aromatic heterocycles. The molecule has 0 radical (unpaired) electrons. The second kappa shape index (κ2) is 6.76. The third-order valence-electron chi connectivity index (χ3n) is 1.94. The fourth-order valence-corrected chi connectivity index (χ4v) is 1.55. The van der Waals surface area contributed by atoms with Crippen molar-refractivity contribution >= 4 is 28.5 Å². The second-order valence-corrected chi connectivity index (χ2v) is 4.24. The number of amides is 1. The number of benzene rings is 1. The molecule has 1 rings (SSSR count). The topological polar surface area (TPSA) is 29.1 Å². The average molecular weight is 321 g/mol. The van der Waals surface area contributed by atoms with Gasteiger partial charge in [-0.05, 0) is 18.1 Å². The highest BCUT2D eigenvalue weighted by atomic mass is 127. The maximum absolute atomic E-state index is 13.2. The van der Waals surface area contributed by atoms with Gasteiger partial charge in [0.25, 0.3) is 0 Å². The third-order valence-corrected chi connectivity index (χ3v) is 2.70. The molecule has 0 saturated carbocycles. The summed E-state index contributed by atoms with van der Waals surface area (Å²) in [5, 5.41) is 2.75. The minimum absolute atomic E-state index is 0.119. The zero-order valence-electron chi connectivity index (χ0n) is 8.30. The molecular formula is C11H13FINO. The summed E-state index contributed by atoms with van der Waals surface area (Å²) in [6.45, 7) is 0.663. The van der Waals surface area contributed by atoms with Crippen LogP contribution in [-0.4, -0.2) is 16.9 Å². The van der Waals surface area contributed by atoms with Crippen LogP contribution in [0.3, 0.4) is 0 Å². The molecule has 1 aromatic carbocycles. The van der Waals surface area contributed by atoms with Gasteiger partial charge < -0.3 is 5.32 Å². The lowest BCUT2D eigenvalue weighted by molar-refractivity contribution is -0.120. The molecule has 1 aromatic rings. The van der Waals surface area contributed by atoms with Crippen molar-refractivity contribution in [2.24, 2.45) is 0 Å². The van der Waals surface area contributed by atoms with Crippen LogP contribution >= 0.6 is 22.6 Å². The maximum Gasteiger partial charge on any atom is 0.224 e. The Bertz CT molecular complexity index is 330. The van der Waals surface area contributed by atoms with Gasteiger partial charge in [-0.3, -0.25) is 4.79 Å². The van der Waals surface area contributed by atoms with E-state index in [1.807, 2.05) is 0 Å². The number of rotatable bonds is 5. The van der Waals surface area contributed by atoms with Gasteiger partial charge in [-0.25, -0.2) is 4.39 Å². The summed E-state index contributed by atoms with van der Waals surface area (Å²) in [6, 6.07) is 6.35. The van der Waals surface area contributed by atoms with Crippen LogP contribution in [0.1, 0.15) is 12.0 Å². The standard InChI is InChI=1S/C11H13FINO/c12-10-5-2-1-4-9(10)8-11(15)14-7-3-6-13/h1-2,4-5H,3,6-8H2,(H,14,15). The molecule has 2 nitrogen and oxygen atoms in total. The van der Waals surface area contributed by atoms with Crippen molar-refractivity contribution in [2.45, 2.75) is 12.8 Å². The number of carbonyl (C=O) groups excluding carboxylic acids is 1. The average Bonchev–Trinajstić information content (AvgIpc) is 2.22. The van der Waals surface area contributed by atoms with Crippen molar-refractivity contribution < 1.29 is 9.18 Å². The number of hydrogen-bond donors (Lipinski definition) is 1. The molecule has 0 atom stereocenters. The normalized spacial score (nSPS) is 10.0. The van der Waals surface area contributed by atoms with Crippen LogP contribution in [0.2, 0.25) is 0 Å². The fourth-order valence-electron chi connectivity index (χ4n) is 1.17. The van der Waals surface area contributed by atoms with Crippen molar-refractivity contribution in [2.75, 3.05) is 11.0 Å². The lowest BCUT2D eigenvalue weighted by Gasteiger charge is -2.04. The summed E-state index contributed by atoms with van der Waals surface area (Å²) >= 11 is 2.25. The van der Waals surface area contributed by atoms with E-state index in [4.69, 9.17) is 0 Å². The number of carbonyl (C=O) groups is 1. The molecule has 1 amide bonds. The molecular weight excluding hydrogens is 308 g/mol. The quantitative estimate of drug-likeness (QED) is 0.503. The Morgan fingerprint density at radius 1 is 1.40 bits per heavy atom. The van der Waals surface area contributed by atoms with E-state index in [9.17, 15) is 9.18 Å². The minimum Gasteiger partial charge on any atom is -0.356 e. The summed E-state index contributed by atoms with van der Waals surface area (Å²) < 4.78 is 14.2. The predicted molar refractivity (Wildman–Crippen MR) is 66.6 cm³/mol. The van der Waals surface area contributed by atoms with Gasteiger partial charge >= 0.3 is 0 Å². The summed E-state index contributed by atoms with van der Waals surface area (Å²) in [4.78, 5) is 11.4. The van der Waals surface area contributed by atoms with Crippen LogP contribution in [0.15, 0.2) is 24.3 Å². The van der Waals surface area contributed by atoms with Crippen LogP contribution in [0.5, 0.6) is 0 Å². The number of hydrogen-bond acceptors (Lipinski definition) is 1. The van der Waals surface area contributed by atoms with E-state index in [1.54, 1.807) is 18.2 Å². The zero-order valence-corrected chi connectivity index (χ0v) is 10.5. The van der Waals surface area contributed by atoms with Gasteiger partial charge in [-0.2, -0.15) is 0 Å². The van der Waals surface area contributed by atoms with Gasteiger partial charge in [0, 0.05) is 11.0 Å². The van der Waals surface area contributed by atoms with E-state index in [0.717, 1.165) is 10.8 Å². The van der Waals surface area contributed by atoms with Crippen molar-refractivity contribution in [3.05, 3.63) is 35.6 Å². The van der Waals surface area contributed by atoms with Crippen LogP contribution in [-0.2, 0) is 11.2 Å². The molecule has 0 spiro atoms. The lowest BCUT2D eigenvalue weighted by atomic mass is 10.1. The molecule has 0 heterocycles. The Hall–Kier alpha value is -0.650. The molecule has 1 N–H and O–H groups in total. The first-order chi connectivity index (χ1) is 7.24. The molecule has 0 aliphatic carbocycles. The second-order valence-electron chi connectivity index (χ2n) is 3.16. The third kappa shape index (κ3) is 4.59. The molecule has 0 aliphatic rings. The van der Waals surface area contributed by atoms with Crippen LogP contribution < -0.4 is 5.32 Å². The van der Waals surface area contributed by atoms with Crippen molar-refractivity contribution in [3.8, 4) is 0 Å². The number of alkyl halides is 1. The van der Waals surface area contributed by atoms with Gasteiger partial charge in [-0.1, -0.05) is 40.8 Å². The van der Waals surface area contributed by atoms with E-state index in [0.29, 0.717) is 12.1 Å². The Labute approximate surface area is 102 Å². The van der Waals surface area contributed by atoms with E-state index >= 15 is 0 Å². The highest BCUT2D eigenvalue weighted by Crippen LogP contribution is 2.06. The van der Waals surface area contributed by atoms with Crippen molar-refractivity contribution in [3.63, 3.8) is 0 Å². The van der Waals surface area contributed by atoms with Crippen LogP contribution in [0, 0.1) is 5.82 Å². The molecule has 0 fully saturated rings. The first kappa shape index (κ1) is 12.4. The van der Waals surface area contributed by atoms with Gasteiger partial charge in [0.05, 0.1) is 6.42 Å². The summed E-state index contributed by atoms with van der Waals surface area (Å²) in [7, 11) is 0. The first-order valence-corrected chi connectivity index (χ1v) is 6.32. The van der Waals surface area contributed by atoms with E-state index < -0.39 is 0 Å². The van der Waals surface area contributed by atoms with Gasteiger partial charge in [-0.15, -0.1) is 0 Å². The lowest BCUT2D eigenvalue weighted by Crippen LogP contribution is -2.26. The summed E-state index contributed by atoms with van der Waals surface area (Å²) in [5.41, 5.74) is 0.449. The first-order valence-electron chi connectivity index (χ1n) is 4.80. The Morgan fingerprint density at radius 2 is 2.13 bits per heavy atom. The molecule has 4 heteroatoms. The summed E-state index contributed by atoms with van der Waals surface area (Å²) in [5.74, 6) is -0.438. The molecule has 15 heavy (non-hydrogen) atoms. The predicted octanol–water partition coefficient (Wildman–Crippen LogP) is 2.31. The van der Waals surface area contributed by atoms with Crippen molar-refractivity contribution in [1.29, 1.82) is 0 Å².